The van der Waals surface area contributed by atoms with E-state index in [1.54, 1.807) is 25.5 Å². The third-order valence-corrected chi connectivity index (χ3v) is 6.03. The molecule has 0 fully saturated rings. The van der Waals surface area contributed by atoms with Crippen molar-refractivity contribution in [2.24, 2.45) is 4.99 Å². The number of benzene rings is 2. The van der Waals surface area contributed by atoms with Crippen LogP contribution < -0.4 is 19.6 Å². The van der Waals surface area contributed by atoms with Crippen LogP contribution in [-0.4, -0.2) is 24.3 Å². The first kappa shape index (κ1) is 20.8. The summed E-state index contributed by atoms with van der Waals surface area (Å²) in [5, 5.41) is 0. The summed E-state index contributed by atoms with van der Waals surface area (Å²) in [6.07, 6.45) is 1.85. The third-order valence-electron chi connectivity index (χ3n) is 5.05. The van der Waals surface area contributed by atoms with Crippen molar-refractivity contribution in [3.8, 4) is 5.75 Å². The molecular formula is C24H22N2O4S. The van der Waals surface area contributed by atoms with Crippen LogP contribution in [0.3, 0.4) is 0 Å². The number of hydrogen-bond acceptors (Lipinski definition) is 6. The first-order chi connectivity index (χ1) is 15.0. The van der Waals surface area contributed by atoms with Crippen LogP contribution in [0.1, 0.15) is 31.0 Å². The van der Waals surface area contributed by atoms with E-state index in [4.69, 9.17) is 9.47 Å². The molecule has 0 saturated carbocycles. The van der Waals surface area contributed by atoms with Crippen LogP contribution in [0.4, 0.5) is 0 Å². The second-order valence-corrected chi connectivity index (χ2v) is 8.00. The van der Waals surface area contributed by atoms with Gasteiger partial charge >= 0.3 is 5.97 Å². The minimum absolute atomic E-state index is 0.192. The van der Waals surface area contributed by atoms with Crippen LogP contribution in [-0.2, 0) is 9.53 Å². The van der Waals surface area contributed by atoms with Gasteiger partial charge in [0.25, 0.3) is 5.56 Å². The van der Waals surface area contributed by atoms with Gasteiger partial charge in [-0.3, -0.25) is 9.36 Å². The molecule has 158 valence electrons. The third kappa shape index (κ3) is 3.96. The number of carbonyl (C=O) groups is 1. The molecule has 1 aromatic heterocycles. The summed E-state index contributed by atoms with van der Waals surface area (Å²) in [4.78, 5) is 31.4. The molecule has 2 heterocycles. The number of nitrogens with zero attached hydrogens (tertiary/aromatic N) is 2. The second-order valence-electron chi connectivity index (χ2n) is 6.99. The molecule has 0 radical (unpaired) electrons. The Bertz CT molecular complexity index is 1320. The summed E-state index contributed by atoms with van der Waals surface area (Å²) in [7, 11) is 1.59. The molecule has 0 unspecified atom stereocenters. The Morgan fingerprint density at radius 3 is 2.52 bits per heavy atom. The van der Waals surface area contributed by atoms with Crippen LogP contribution >= 0.6 is 11.3 Å². The topological polar surface area (TPSA) is 69.9 Å². The molecule has 0 amide bonds. The van der Waals surface area contributed by atoms with Gasteiger partial charge < -0.3 is 9.47 Å². The van der Waals surface area contributed by atoms with Crippen molar-refractivity contribution in [3.63, 3.8) is 0 Å². The predicted molar refractivity (Wildman–Crippen MR) is 120 cm³/mol. The molecule has 1 atom stereocenters. The van der Waals surface area contributed by atoms with Crippen LogP contribution in [0.5, 0.6) is 5.75 Å². The Hall–Kier alpha value is -3.45. The maximum atomic E-state index is 13.4. The molecule has 1 aliphatic heterocycles. The van der Waals surface area contributed by atoms with Gasteiger partial charge in [-0.15, -0.1) is 0 Å². The molecule has 2 aromatic carbocycles. The first-order valence-electron chi connectivity index (χ1n) is 9.92. The van der Waals surface area contributed by atoms with Crippen LogP contribution in [0.2, 0.25) is 0 Å². The number of aromatic nitrogens is 1. The molecule has 0 saturated heterocycles. The quantitative estimate of drug-likeness (QED) is 0.579. The van der Waals surface area contributed by atoms with Gasteiger partial charge in [-0.2, -0.15) is 0 Å². The molecule has 0 spiro atoms. The number of ether oxygens (including phenoxy) is 2. The maximum absolute atomic E-state index is 13.4. The van der Waals surface area contributed by atoms with E-state index in [9.17, 15) is 9.59 Å². The van der Waals surface area contributed by atoms with E-state index in [0.29, 0.717) is 26.4 Å². The standard InChI is InChI=1S/C24H22N2O4S/c1-4-30-23(28)20-15(2)25-24-26(21(20)17-10-12-18(29-3)13-11-17)22(27)19(31-24)14-16-8-6-5-7-9-16/h5-14,21H,4H2,1-3H3/b19-14+/t21-/m1/s1. The smallest absolute Gasteiger partial charge is 0.338 e. The fourth-order valence-corrected chi connectivity index (χ4v) is 4.64. The van der Waals surface area contributed by atoms with Crippen molar-refractivity contribution >= 4 is 23.4 Å². The van der Waals surface area contributed by atoms with Gasteiger partial charge in [0.15, 0.2) is 4.80 Å². The van der Waals surface area contributed by atoms with Crippen molar-refractivity contribution in [1.29, 1.82) is 0 Å². The lowest BCUT2D eigenvalue weighted by molar-refractivity contribution is -0.139. The van der Waals surface area contributed by atoms with Crippen molar-refractivity contribution in [2.45, 2.75) is 19.9 Å². The molecule has 0 aliphatic carbocycles. The summed E-state index contributed by atoms with van der Waals surface area (Å²) in [5.74, 6) is 0.223. The lowest BCUT2D eigenvalue weighted by atomic mass is 9.96. The molecular weight excluding hydrogens is 412 g/mol. The van der Waals surface area contributed by atoms with E-state index in [1.165, 1.54) is 11.3 Å². The van der Waals surface area contributed by atoms with Gasteiger partial charge in [0.1, 0.15) is 5.75 Å². The SMILES string of the molecule is CCOC(=O)C1=C(C)N=c2s/c(=C/c3ccccc3)c(=O)n2[C@@H]1c1ccc(OC)cc1. The highest BCUT2D eigenvalue weighted by molar-refractivity contribution is 7.07. The highest BCUT2D eigenvalue weighted by Crippen LogP contribution is 2.31. The number of allylic oxidation sites excluding steroid dienone is 1. The monoisotopic (exact) mass is 434 g/mol. The molecule has 1 aliphatic rings. The van der Waals surface area contributed by atoms with Crippen LogP contribution in [0, 0.1) is 0 Å². The van der Waals surface area contributed by atoms with Crippen molar-refractivity contribution in [2.75, 3.05) is 13.7 Å². The van der Waals surface area contributed by atoms with Gasteiger partial charge in [-0.1, -0.05) is 53.8 Å². The van der Waals surface area contributed by atoms with Gasteiger partial charge in [0.05, 0.1) is 35.6 Å². The van der Waals surface area contributed by atoms with Crippen molar-refractivity contribution in [1.82, 2.24) is 4.57 Å². The Morgan fingerprint density at radius 2 is 1.87 bits per heavy atom. The highest BCUT2D eigenvalue weighted by Gasteiger charge is 2.33. The van der Waals surface area contributed by atoms with Crippen molar-refractivity contribution in [3.05, 3.63) is 96.7 Å². The van der Waals surface area contributed by atoms with E-state index in [2.05, 4.69) is 4.99 Å². The minimum atomic E-state index is -0.626. The molecule has 7 heteroatoms. The number of hydrogen-bond donors (Lipinski definition) is 0. The Kier molecular flexibility index (Phi) is 5.86. The van der Waals surface area contributed by atoms with E-state index in [1.807, 2.05) is 60.7 Å². The summed E-state index contributed by atoms with van der Waals surface area (Å²) in [6, 6.07) is 16.4. The summed E-state index contributed by atoms with van der Waals surface area (Å²) >= 11 is 1.31. The zero-order chi connectivity index (χ0) is 22.0. The van der Waals surface area contributed by atoms with Crippen molar-refractivity contribution < 1.29 is 14.3 Å². The van der Waals surface area contributed by atoms with Gasteiger partial charge in [0, 0.05) is 0 Å². The van der Waals surface area contributed by atoms with E-state index in [0.717, 1.165) is 11.1 Å². The van der Waals surface area contributed by atoms with E-state index < -0.39 is 12.0 Å². The van der Waals surface area contributed by atoms with Crippen LogP contribution in [0.15, 0.2) is 75.7 Å². The zero-order valence-corrected chi connectivity index (χ0v) is 18.3. The number of rotatable bonds is 5. The summed E-state index contributed by atoms with van der Waals surface area (Å²) < 4.78 is 12.7. The second kappa shape index (κ2) is 8.73. The number of carbonyl (C=O) groups excluding carboxylic acids is 1. The molecule has 0 N–H and O–H groups in total. The van der Waals surface area contributed by atoms with E-state index in [-0.39, 0.29) is 12.2 Å². The maximum Gasteiger partial charge on any atom is 0.338 e. The van der Waals surface area contributed by atoms with Crippen LogP contribution in [0.25, 0.3) is 6.08 Å². The normalized spacial score (nSPS) is 16.0. The molecule has 4 rings (SSSR count). The summed E-state index contributed by atoms with van der Waals surface area (Å²) in [6.45, 7) is 3.77. The molecule has 6 nitrogen and oxygen atoms in total. The lowest BCUT2D eigenvalue weighted by Gasteiger charge is -2.24. The molecule has 3 aromatic rings. The average Bonchev–Trinajstić information content (AvgIpc) is 3.08. The molecule has 31 heavy (non-hydrogen) atoms. The summed E-state index contributed by atoms with van der Waals surface area (Å²) in [5.41, 5.74) is 2.43. The lowest BCUT2D eigenvalue weighted by Crippen LogP contribution is -2.39. The Morgan fingerprint density at radius 1 is 1.16 bits per heavy atom. The number of esters is 1. The molecule has 0 bridgehead atoms. The first-order valence-corrected chi connectivity index (χ1v) is 10.7. The fourth-order valence-electron chi connectivity index (χ4n) is 3.59. The Labute approximate surface area is 183 Å². The zero-order valence-electron chi connectivity index (χ0n) is 17.5. The minimum Gasteiger partial charge on any atom is -0.497 e. The largest absolute Gasteiger partial charge is 0.497 e. The van der Waals surface area contributed by atoms with Gasteiger partial charge in [-0.05, 0) is 43.2 Å². The number of methoxy groups -OCH3 is 1. The van der Waals surface area contributed by atoms with Gasteiger partial charge in [-0.25, -0.2) is 9.79 Å². The Balaban J connectivity index is 1.95. The van der Waals surface area contributed by atoms with Gasteiger partial charge in [0.2, 0.25) is 0 Å². The average molecular weight is 435 g/mol. The number of fused-ring (bicyclic) bond motifs is 1. The number of thiazole rings is 1. The highest BCUT2D eigenvalue weighted by atomic mass is 32.1. The predicted octanol–water partition coefficient (Wildman–Crippen LogP) is 2.81. The fraction of sp³-hybridized carbons (Fsp3) is 0.208. The van der Waals surface area contributed by atoms with E-state index >= 15 is 0 Å².